The Morgan fingerprint density at radius 1 is 1.19 bits per heavy atom. The monoisotopic (exact) mass is 393 g/mol. The third-order valence-corrected chi connectivity index (χ3v) is 3.38. The summed E-state index contributed by atoms with van der Waals surface area (Å²) < 4.78 is 73.4. The van der Waals surface area contributed by atoms with Gasteiger partial charge < -0.3 is 14.2 Å². The molecule has 6 nitrogen and oxygen atoms in total. The molecule has 0 radical (unpaired) electrons. The van der Waals surface area contributed by atoms with Gasteiger partial charge in [0, 0.05) is 26.1 Å². The molecule has 0 aliphatic carbocycles. The third-order valence-electron chi connectivity index (χ3n) is 3.38. The van der Waals surface area contributed by atoms with E-state index in [2.05, 4.69) is 19.4 Å². The molecule has 1 heterocycles. The van der Waals surface area contributed by atoms with Crippen LogP contribution in [0.15, 0.2) is 28.8 Å². The van der Waals surface area contributed by atoms with Gasteiger partial charge in [-0.1, -0.05) is 29.4 Å². The van der Waals surface area contributed by atoms with Crippen molar-refractivity contribution in [1.82, 2.24) is 15.0 Å². The average Bonchev–Trinajstić information content (AvgIpc) is 3.04. The van der Waals surface area contributed by atoms with E-state index in [1.807, 2.05) is 0 Å². The zero-order valence-corrected chi connectivity index (χ0v) is 14.4. The van der Waals surface area contributed by atoms with Crippen LogP contribution >= 0.6 is 0 Å². The predicted octanol–water partition coefficient (Wildman–Crippen LogP) is 3.39. The van der Waals surface area contributed by atoms with Crippen molar-refractivity contribution >= 4 is 5.91 Å². The predicted molar refractivity (Wildman–Crippen MR) is 82.7 cm³/mol. The van der Waals surface area contributed by atoms with Crippen molar-refractivity contribution in [3.8, 4) is 11.4 Å². The molecule has 0 saturated carbocycles. The fourth-order valence-electron chi connectivity index (χ4n) is 2.16. The molecule has 0 aliphatic heterocycles. The van der Waals surface area contributed by atoms with Crippen molar-refractivity contribution in [2.75, 3.05) is 20.3 Å². The third kappa shape index (κ3) is 5.98. The summed E-state index contributed by atoms with van der Waals surface area (Å²) in [5.41, 5.74) is 0.737. The van der Waals surface area contributed by atoms with Gasteiger partial charge in [0.25, 0.3) is 5.89 Å². The number of aromatic nitrogens is 2. The number of hydrogen-bond acceptors (Lipinski definition) is 5. The number of methoxy groups -OCH3 is 1. The first-order valence-corrected chi connectivity index (χ1v) is 7.64. The highest BCUT2D eigenvalue weighted by molar-refractivity contribution is 5.77. The van der Waals surface area contributed by atoms with Crippen LogP contribution in [0.3, 0.4) is 0 Å². The number of alkyl halides is 5. The molecule has 0 aliphatic rings. The quantitative estimate of drug-likeness (QED) is 0.675. The summed E-state index contributed by atoms with van der Waals surface area (Å²) in [7, 11) is 1.21. The lowest BCUT2D eigenvalue weighted by Gasteiger charge is -2.23. The highest BCUT2D eigenvalue weighted by Crippen LogP contribution is 2.27. The summed E-state index contributed by atoms with van der Waals surface area (Å²) >= 11 is 0. The van der Waals surface area contributed by atoms with E-state index in [1.165, 1.54) is 31.4 Å². The summed E-state index contributed by atoms with van der Waals surface area (Å²) in [6.45, 7) is -1.59. The van der Waals surface area contributed by atoms with Crippen LogP contribution in [0.1, 0.15) is 18.4 Å². The van der Waals surface area contributed by atoms with Crippen LogP contribution < -0.4 is 0 Å². The van der Waals surface area contributed by atoms with Gasteiger partial charge >= 0.3 is 12.1 Å². The second kappa shape index (κ2) is 7.99. The maximum atomic E-state index is 13.1. The summed E-state index contributed by atoms with van der Waals surface area (Å²) in [5, 5.41) is 3.45. The normalized spacial score (nSPS) is 12.3. The zero-order valence-electron chi connectivity index (χ0n) is 14.4. The number of nitrogens with zero attached hydrogens (tertiary/aromatic N) is 3. The highest BCUT2D eigenvalue weighted by atomic mass is 19.4. The van der Waals surface area contributed by atoms with E-state index in [0.717, 1.165) is 0 Å². The Balaban J connectivity index is 2.15. The molecular weight excluding hydrogens is 377 g/mol. The molecule has 0 atom stereocenters. The van der Waals surface area contributed by atoms with Gasteiger partial charge in [0.1, 0.15) is 13.2 Å². The fourth-order valence-corrected chi connectivity index (χ4v) is 2.16. The van der Waals surface area contributed by atoms with E-state index in [1.54, 1.807) is 0 Å². The van der Waals surface area contributed by atoms with Gasteiger partial charge in [0.15, 0.2) is 0 Å². The van der Waals surface area contributed by atoms with Crippen LogP contribution in [0.4, 0.5) is 22.0 Å². The minimum atomic E-state index is -4.56. The lowest BCUT2D eigenvalue weighted by Crippen LogP contribution is -2.40. The van der Waals surface area contributed by atoms with Gasteiger partial charge in [-0.2, -0.15) is 26.9 Å². The molecule has 148 valence electrons. The van der Waals surface area contributed by atoms with Crippen molar-refractivity contribution in [2.45, 2.75) is 25.6 Å². The standard InChI is InChI=1S/C16H16F5N3O3/c1-15(17,18)14-22-13(23-27-14)11-5-3-10(4-6-11)7-24(9-16(19,20)21)12(25)8-26-2/h3-6H,7-9H2,1-2H3. The molecular formula is C16H16F5N3O3. The van der Waals surface area contributed by atoms with Crippen LogP contribution in [0.25, 0.3) is 11.4 Å². The molecule has 0 N–H and O–H groups in total. The summed E-state index contributed by atoms with van der Waals surface area (Å²) in [5.74, 6) is -5.03. The zero-order chi connectivity index (χ0) is 20.2. The van der Waals surface area contributed by atoms with E-state index in [0.29, 0.717) is 23.0 Å². The van der Waals surface area contributed by atoms with Crippen LogP contribution in [-0.2, 0) is 22.0 Å². The molecule has 0 fully saturated rings. The van der Waals surface area contributed by atoms with Crippen LogP contribution in [0.5, 0.6) is 0 Å². The largest absolute Gasteiger partial charge is 0.406 e. The first-order chi connectivity index (χ1) is 12.5. The molecule has 11 heteroatoms. The number of carbonyl (C=O) groups is 1. The topological polar surface area (TPSA) is 68.5 Å². The molecule has 27 heavy (non-hydrogen) atoms. The second-order valence-electron chi connectivity index (χ2n) is 5.81. The van der Waals surface area contributed by atoms with Crippen LogP contribution in [0.2, 0.25) is 0 Å². The van der Waals surface area contributed by atoms with Crippen LogP contribution in [0, 0.1) is 0 Å². The molecule has 0 spiro atoms. The molecule has 0 saturated heterocycles. The molecule has 1 amide bonds. The maximum absolute atomic E-state index is 13.1. The fraction of sp³-hybridized carbons (Fsp3) is 0.438. The van der Waals surface area contributed by atoms with Crippen molar-refractivity contribution in [3.63, 3.8) is 0 Å². The number of carbonyl (C=O) groups excluding carboxylic acids is 1. The Hall–Kier alpha value is -2.56. The Morgan fingerprint density at radius 2 is 1.81 bits per heavy atom. The first kappa shape index (κ1) is 20.7. The van der Waals surface area contributed by atoms with Gasteiger partial charge in [-0.15, -0.1) is 0 Å². The highest BCUT2D eigenvalue weighted by Gasteiger charge is 2.33. The number of ether oxygens (including phenoxy) is 1. The minimum Gasteiger partial charge on any atom is -0.375 e. The molecule has 2 aromatic rings. The first-order valence-electron chi connectivity index (χ1n) is 7.64. The van der Waals surface area contributed by atoms with Gasteiger partial charge in [0.05, 0.1) is 0 Å². The Bertz CT molecular complexity index is 769. The maximum Gasteiger partial charge on any atom is 0.406 e. The SMILES string of the molecule is COCC(=O)N(Cc1ccc(-c2noc(C(C)(F)F)n2)cc1)CC(F)(F)F. The molecule has 2 rings (SSSR count). The number of amides is 1. The number of hydrogen-bond donors (Lipinski definition) is 0. The van der Waals surface area contributed by atoms with Crippen molar-refractivity contribution in [1.29, 1.82) is 0 Å². The lowest BCUT2D eigenvalue weighted by molar-refractivity contribution is -0.164. The molecule has 0 unspecified atom stereocenters. The van der Waals surface area contributed by atoms with Gasteiger partial charge in [-0.25, -0.2) is 0 Å². The number of rotatable bonds is 7. The van der Waals surface area contributed by atoms with E-state index < -0.39 is 37.0 Å². The van der Waals surface area contributed by atoms with Crippen LogP contribution in [-0.4, -0.2) is 47.4 Å². The Labute approximate surface area is 150 Å². The summed E-state index contributed by atoms with van der Waals surface area (Å²) in [6.07, 6.45) is -4.56. The molecule has 1 aromatic heterocycles. The van der Waals surface area contributed by atoms with E-state index in [-0.39, 0.29) is 12.4 Å². The van der Waals surface area contributed by atoms with Gasteiger partial charge in [-0.3, -0.25) is 4.79 Å². The van der Waals surface area contributed by atoms with E-state index >= 15 is 0 Å². The summed E-state index contributed by atoms with van der Waals surface area (Å²) in [6, 6.07) is 5.76. The Morgan fingerprint density at radius 3 is 2.30 bits per heavy atom. The molecule has 1 aromatic carbocycles. The average molecular weight is 393 g/mol. The Kier molecular flexibility index (Phi) is 6.14. The summed E-state index contributed by atoms with van der Waals surface area (Å²) in [4.78, 5) is 16.0. The van der Waals surface area contributed by atoms with Crippen molar-refractivity contribution in [2.24, 2.45) is 0 Å². The lowest BCUT2D eigenvalue weighted by atomic mass is 10.1. The van der Waals surface area contributed by atoms with Gasteiger partial charge in [0.2, 0.25) is 11.7 Å². The smallest absolute Gasteiger partial charge is 0.375 e. The molecule has 0 bridgehead atoms. The minimum absolute atomic E-state index is 0.0827. The van der Waals surface area contributed by atoms with E-state index in [9.17, 15) is 26.7 Å². The number of benzene rings is 1. The van der Waals surface area contributed by atoms with Crippen molar-refractivity contribution < 1.29 is 36.0 Å². The van der Waals surface area contributed by atoms with Gasteiger partial charge in [-0.05, 0) is 5.56 Å². The number of halogens is 5. The second-order valence-corrected chi connectivity index (χ2v) is 5.81. The van der Waals surface area contributed by atoms with Crippen molar-refractivity contribution in [3.05, 3.63) is 35.7 Å². The van der Waals surface area contributed by atoms with E-state index in [4.69, 9.17) is 0 Å².